The summed E-state index contributed by atoms with van der Waals surface area (Å²) in [5.74, 6) is 0.797. The molecule has 1 N–H and O–H groups in total. The van der Waals surface area contributed by atoms with Crippen molar-refractivity contribution in [3.05, 3.63) is 28.8 Å². The Morgan fingerprint density at radius 3 is 2.47 bits per heavy atom. The van der Waals surface area contributed by atoms with Crippen LogP contribution in [0, 0.1) is 13.8 Å². The van der Waals surface area contributed by atoms with E-state index in [9.17, 15) is 0 Å². The Morgan fingerprint density at radius 1 is 1.12 bits per heavy atom. The Kier molecular flexibility index (Phi) is 4.38. The summed E-state index contributed by atoms with van der Waals surface area (Å²) in [6, 6.07) is 4.77. The minimum absolute atomic E-state index is 0.797. The molecular weight excluding hydrogens is 226 g/mol. The molecule has 2 rings (SSSR count). The van der Waals surface area contributed by atoms with Crippen LogP contribution in [-0.2, 0) is 0 Å². The molecule has 1 aromatic rings. The van der Waals surface area contributed by atoms with Gasteiger partial charge in [0.05, 0.1) is 0 Å². The fourth-order valence-electron chi connectivity index (χ4n) is 2.77. The maximum absolute atomic E-state index is 3.41. The first kappa shape index (κ1) is 12.8. The van der Waals surface area contributed by atoms with Crippen LogP contribution in [0.1, 0.15) is 54.7 Å². The molecule has 1 aliphatic rings. The van der Waals surface area contributed by atoms with E-state index in [1.54, 1.807) is 17.5 Å². The zero-order valence-corrected chi connectivity index (χ0v) is 12.0. The summed E-state index contributed by atoms with van der Waals surface area (Å²) < 4.78 is 3.41. The predicted octanol–water partition coefficient (Wildman–Crippen LogP) is 5.04. The lowest BCUT2D eigenvalue weighted by atomic mass is 9.83. The van der Waals surface area contributed by atoms with Gasteiger partial charge in [0, 0.05) is 11.9 Å². The SMILES string of the molecule is CSNc1cc(C2CCCCC2)cc(C)c1C. The molecule has 1 nitrogen and oxygen atoms in total. The van der Waals surface area contributed by atoms with Gasteiger partial charge < -0.3 is 4.72 Å². The molecule has 0 aliphatic heterocycles. The van der Waals surface area contributed by atoms with Crippen LogP contribution in [0.15, 0.2) is 12.1 Å². The van der Waals surface area contributed by atoms with E-state index in [1.807, 2.05) is 0 Å². The summed E-state index contributed by atoms with van der Waals surface area (Å²) in [5, 5.41) is 0. The summed E-state index contributed by atoms with van der Waals surface area (Å²) in [6.07, 6.45) is 9.08. The summed E-state index contributed by atoms with van der Waals surface area (Å²) in [5.41, 5.74) is 5.66. The maximum atomic E-state index is 3.41. The lowest BCUT2D eigenvalue weighted by molar-refractivity contribution is 0.443. The van der Waals surface area contributed by atoms with E-state index in [2.05, 4.69) is 37.0 Å². The number of hydrogen-bond donors (Lipinski definition) is 1. The molecule has 17 heavy (non-hydrogen) atoms. The first-order valence-corrected chi connectivity index (χ1v) is 7.85. The summed E-state index contributed by atoms with van der Waals surface area (Å²) in [4.78, 5) is 0. The Labute approximate surface area is 110 Å². The molecule has 0 atom stereocenters. The van der Waals surface area contributed by atoms with E-state index >= 15 is 0 Å². The van der Waals surface area contributed by atoms with E-state index in [4.69, 9.17) is 0 Å². The molecule has 0 aromatic heterocycles. The summed E-state index contributed by atoms with van der Waals surface area (Å²) in [6.45, 7) is 4.44. The number of hydrogen-bond acceptors (Lipinski definition) is 2. The lowest BCUT2D eigenvalue weighted by Crippen LogP contribution is -2.06. The minimum Gasteiger partial charge on any atom is -0.330 e. The minimum atomic E-state index is 0.797. The van der Waals surface area contributed by atoms with Crippen molar-refractivity contribution in [2.45, 2.75) is 51.9 Å². The molecule has 0 amide bonds. The third-order valence-corrected chi connectivity index (χ3v) is 4.40. The van der Waals surface area contributed by atoms with Gasteiger partial charge in [-0.05, 0) is 55.4 Å². The number of aryl methyl sites for hydroxylation is 1. The van der Waals surface area contributed by atoms with E-state index in [0.717, 1.165) is 5.92 Å². The number of nitrogens with one attached hydrogen (secondary N) is 1. The van der Waals surface area contributed by atoms with Crippen LogP contribution in [0.3, 0.4) is 0 Å². The predicted molar refractivity (Wildman–Crippen MR) is 78.9 cm³/mol. The topological polar surface area (TPSA) is 12.0 Å². The molecule has 1 aromatic carbocycles. The Balaban J connectivity index is 2.27. The van der Waals surface area contributed by atoms with Gasteiger partial charge in [-0.25, -0.2) is 0 Å². The van der Waals surface area contributed by atoms with Gasteiger partial charge in [0.1, 0.15) is 0 Å². The second kappa shape index (κ2) is 5.81. The first-order chi connectivity index (χ1) is 8.22. The van der Waals surface area contributed by atoms with Crippen molar-refractivity contribution in [1.82, 2.24) is 0 Å². The average molecular weight is 249 g/mol. The second-order valence-corrected chi connectivity index (χ2v) is 5.76. The first-order valence-electron chi connectivity index (χ1n) is 6.62. The largest absolute Gasteiger partial charge is 0.330 e. The molecule has 0 bridgehead atoms. The fourth-order valence-corrected chi connectivity index (χ4v) is 3.21. The van der Waals surface area contributed by atoms with Crippen molar-refractivity contribution in [2.75, 3.05) is 11.0 Å². The molecule has 0 spiro atoms. The molecule has 0 radical (unpaired) electrons. The smallest absolute Gasteiger partial charge is 0.0474 e. The van der Waals surface area contributed by atoms with Gasteiger partial charge in [0.2, 0.25) is 0 Å². The van der Waals surface area contributed by atoms with Crippen LogP contribution < -0.4 is 4.72 Å². The van der Waals surface area contributed by atoms with Gasteiger partial charge in [-0.2, -0.15) is 0 Å². The Bertz CT molecular complexity index is 381. The molecule has 0 heterocycles. The van der Waals surface area contributed by atoms with E-state index in [-0.39, 0.29) is 0 Å². The van der Waals surface area contributed by atoms with Gasteiger partial charge in [-0.1, -0.05) is 37.3 Å². The maximum Gasteiger partial charge on any atom is 0.0474 e. The zero-order chi connectivity index (χ0) is 12.3. The second-order valence-electron chi connectivity index (χ2n) is 5.15. The van der Waals surface area contributed by atoms with Gasteiger partial charge in [-0.15, -0.1) is 0 Å². The Morgan fingerprint density at radius 2 is 1.82 bits per heavy atom. The third kappa shape index (κ3) is 2.98. The molecule has 0 saturated heterocycles. The molecule has 1 fully saturated rings. The number of anilines is 1. The number of benzene rings is 1. The molecule has 1 aliphatic carbocycles. The molecular formula is C15H23NS. The van der Waals surface area contributed by atoms with Gasteiger partial charge >= 0.3 is 0 Å². The van der Waals surface area contributed by atoms with Gasteiger partial charge in [-0.3, -0.25) is 0 Å². The van der Waals surface area contributed by atoms with E-state index in [1.165, 1.54) is 48.9 Å². The highest BCUT2D eigenvalue weighted by Crippen LogP contribution is 2.35. The summed E-state index contributed by atoms with van der Waals surface area (Å²) >= 11 is 1.68. The van der Waals surface area contributed by atoms with E-state index in [0.29, 0.717) is 0 Å². The highest BCUT2D eigenvalue weighted by molar-refractivity contribution is 7.99. The number of rotatable bonds is 3. The molecule has 0 unspecified atom stereocenters. The average Bonchev–Trinajstić information content (AvgIpc) is 2.36. The Hall–Kier alpha value is -0.630. The molecule has 1 saturated carbocycles. The van der Waals surface area contributed by atoms with Crippen molar-refractivity contribution in [3.8, 4) is 0 Å². The van der Waals surface area contributed by atoms with Crippen molar-refractivity contribution in [3.63, 3.8) is 0 Å². The van der Waals surface area contributed by atoms with Gasteiger partial charge in [0.25, 0.3) is 0 Å². The van der Waals surface area contributed by atoms with Crippen molar-refractivity contribution in [2.24, 2.45) is 0 Å². The van der Waals surface area contributed by atoms with Crippen LogP contribution in [-0.4, -0.2) is 6.26 Å². The summed E-state index contributed by atoms with van der Waals surface area (Å²) in [7, 11) is 0. The highest BCUT2D eigenvalue weighted by atomic mass is 32.2. The monoisotopic (exact) mass is 249 g/mol. The van der Waals surface area contributed by atoms with Crippen LogP contribution >= 0.6 is 11.9 Å². The standard InChI is InChI=1S/C15H23NS/c1-11-9-14(13-7-5-4-6-8-13)10-15(12(11)2)16-17-3/h9-10,13,16H,4-8H2,1-3H3. The zero-order valence-electron chi connectivity index (χ0n) is 11.2. The van der Waals surface area contributed by atoms with Crippen LogP contribution in [0.5, 0.6) is 0 Å². The van der Waals surface area contributed by atoms with Crippen LogP contribution in [0.2, 0.25) is 0 Å². The highest BCUT2D eigenvalue weighted by Gasteiger charge is 2.17. The fraction of sp³-hybridized carbons (Fsp3) is 0.600. The molecule has 94 valence electrons. The normalized spacial score (nSPS) is 17.1. The van der Waals surface area contributed by atoms with Crippen molar-refractivity contribution in [1.29, 1.82) is 0 Å². The van der Waals surface area contributed by atoms with Crippen molar-refractivity contribution >= 4 is 17.6 Å². The quantitative estimate of drug-likeness (QED) is 0.753. The third-order valence-electron chi connectivity index (χ3n) is 3.98. The molecule has 2 heteroatoms. The van der Waals surface area contributed by atoms with Gasteiger partial charge in [0.15, 0.2) is 0 Å². The van der Waals surface area contributed by atoms with E-state index < -0.39 is 0 Å². The van der Waals surface area contributed by atoms with Crippen LogP contribution in [0.4, 0.5) is 5.69 Å². The van der Waals surface area contributed by atoms with Crippen molar-refractivity contribution < 1.29 is 0 Å². The van der Waals surface area contributed by atoms with Crippen LogP contribution in [0.25, 0.3) is 0 Å². The lowest BCUT2D eigenvalue weighted by Gasteiger charge is -2.24.